The Morgan fingerprint density at radius 3 is 2.35 bits per heavy atom. The van der Waals surface area contributed by atoms with E-state index in [9.17, 15) is 0 Å². The summed E-state index contributed by atoms with van der Waals surface area (Å²) in [7, 11) is 0. The lowest BCUT2D eigenvalue weighted by atomic mass is 10.2. The fraction of sp³-hybridized carbons (Fsp3) is 0.538. The van der Waals surface area contributed by atoms with E-state index in [0.717, 1.165) is 47.2 Å². The molecule has 0 aliphatic rings. The van der Waals surface area contributed by atoms with Crippen molar-refractivity contribution in [1.82, 2.24) is 5.32 Å². The maximum atomic E-state index is 5.75. The molecule has 2 nitrogen and oxygen atoms in total. The van der Waals surface area contributed by atoms with Gasteiger partial charge in [-0.1, -0.05) is 20.3 Å². The lowest BCUT2D eigenvalue weighted by Gasteiger charge is -2.12. The van der Waals surface area contributed by atoms with E-state index < -0.39 is 0 Å². The lowest BCUT2D eigenvalue weighted by Crippen LogP contribution is -2.11. The maximum absolute atomic E-state index is 5.75. The molecule has 0 aliphatic carbocycles. The monoisotopic (exact) mass is 363 g/mol. The van der Waals surface area contributed by atoms with Crippen LogP contribution in [-0.4, -0.2) is 13.2 Å². The van der Waals surface area contributed by atoms with Crippen LogP contribution in [0.5, 0.6) is 5.75 Å². The highest BCUT2D eigenvalue weighted by molar-refractivity contribution is 9.11. The molecular weight excluding hydrogens is 346 g/mol. The molecule has 1 aromatic rings. The molecule has 17 heavy (non-hydrogen) atoms. The highest BCUT2D eigenvalue weighted by Gasteiger charge is 2.08. The van der Waals surface area contributed by atoms with Gasteiger partial charge in [-0.25, -0.2) is 0 Å². The molecule has 4 heteroatoms. The Morgan fingerprint density at radius 1 is 1.18 bits per heavy atom. The number of unbranched alkanes of at least 4 members (excludes halogenated alkanes) is 1. The van der Waals surface area contributed by atoms with Gasteiger partial charge in [0.05, 0.1) is 15.6 Å². The SMILES string of the molecule is CCCCOc1c(Br)cc(CNCC)cc1Br. The van der Waals surface area contributed by atoms with Crippen LogP contribution in [0.25, 0.3) is 0 Å². The Hall–Kier alpha value is -0.0600. The number of benzene rings is 1. The third kappa shape index (κ3) is 4.98. The predicted octanol–water partition coefficient (Wildman–Crippen LogP) is 4.50. The summed E-state index contributed by atoms with van der Waals surface area (Å²) in [5, 5.41) is 3.31. The molecular formula is C13H19Br2NO. The molecule has 0 aliphatic heterocycles. The molecule has 0 saturated carbocycles. The van der Waals surface area contributed by atoms with E-state index in [0.29, 0.717) is 0 Å². The van der Waals surface area contributed by atoms with Crippen molar-refractivity contribution >= 4 is 31.9 Å². The Bertz CT molecular complexity index is 332. The van der Waals surface area contributed by atoms with E-state index in [2.05, 4.69) is 63.2 Å². The fourth-order valence-electron chi connectivity index (χ4n) is 1.44. The molecule has 0 bridgehead atoms. The van der Waals surface area contributed by atoms with Crippen LogP contribution in [-0.2, 0) is 6.54 Å². The van der Waals surface area contributed by atoms with Gasteiger partial charge in [-0.2, -0.15) is 0 Å². The molecule has 0 unspecified atom stereocenters. The van der Waals surface area contributed by atoms with Crippen LogP contribution in [0.2, 0.25) is 0 Å². The second kappa shape index (κ2) is 8.11. The zero-order chi connectivity index (χ0) is 12.7. The molecule has 0 heterocycles. The van der Waals surface area contributed by atoms with Crippen molar-refractivity contribution in [2.24, 2.45) is 0 Å². The summed E-state index contributed by atoms with van der Waals surface area (Å²) in [6.45, 7) is 6.88. The van der Waals surface area contributed by atoms with Gasteiger partial charge >= 0.3 is 0 Å². The number of rotatable bonds is 7. The quantitative estimate of drug-likeness (QED) is 0.719. The third-order valence-corrected chi connectivity index (χ3v) is 3.56. The highest BCUT2D eigenvalue weighted by Crippen LogP contribution is 2.34. The average molecular weight is 365 g/mol. The molecule has 0 radical (unpaired) electrons. The van der Waals surface area contributed by atoms with E-state index in [1.165, 1.54) is 5.56 Å². The van der Waals surface area contributed by atoms with Gasteiger partial charge in [0, 0.05) is 6.54 Å². The van der Waals surface area contributed by atoms with Crippen LogP contribution in [0.4, 0.5) is 0 Å². The zero-order valence-electron chi connectivity index (χ0n) is 10.4. The van der Waals surface area contributed by atoms with Gasteiger partial charge in [0.25, 0.3) is 0 Å². The van der Waals surface area contributed by atoms with E-state index in [1.807, 2.05) is 0 Å². The van der Waals surface area contributed by atoms with Crippen molar-refractivity contribution in [3.63, 3.8) is 0 Å². The second-order valence-corrected chi connectivity index (χ2v) is 5.58. The van der Waals surface area contributed by atoms with Gasteiger partial charge in [0.15, 0.2) is 0 Å². The average Bonchev–Trinajstić information content (AvgIpc) is 2.30. The first-order chi connectivity index (χ1) is 8.19. The first kappa shape index (κ1) is 15.0. The molecule has 96 valence electrons. The van der Waals surface area contributed by atoms with Gasteiger partial charge < -0.3 is 10.1 Å². The number of hydrogen-bond acceptors (Lipinski definition) is 2. The summed E-state index contributed by atoms with van der Waals surface area (Å²) in [6.07, 6.45) is 2.23. The first-order valence-corrected chi connectivity index (χ1v) is 7.59. The first-order valence-electron chi connectivity index (χ1n) is 6.00. The topological polar surface area (TPSA) is 21.3 Å². The van der Waals surface area contributed by atoms with Gasteiger partial charge in [-0.05, 0) is 62.5 Å². The normalized spacial score (nSPS) is 10.6. The molecule has 1 N–H and O–H groups in total. The molecule has 1 rings (SSSR count). The molecule has 0 spiro atoms. The van der Waals surface area contributed by atoms with Crippen molar-refractivity contribution in [1.29, 1.82) is 0 Å². The van der Waals surface area contributed by atoms with Crippen LogP contribution in [0, 0.1) is 0 Å². The smallest absolute Gasteiger partial charge is 0.147 e. The molecule has 0 atom stereocenters. The number of halogens is 2. The van der Waals surface area contributed by atoms with E-state index >= 15 is 0 Å². The van der Waals surface area contributed by atoms with E-state index in [4.69, 9.17) is 4.74 Å². The fourth-order valence-corrected chi connectivity index (χ4v) is 2.95. The summed E-state index contributed by atoms with van der Waals surface area (Å²) < 4.78 is 7.77. The van der Waals surface area contributed by atoms with E-state index in [1.54, 1.807) is 0 Å². The standard InChI is InChI=1S/C13H19Br2NO/c1-3-5-6-17-13-11(14)7-10(8-12(13)15)9-16-4-2/h7-8,16H,3-6,9H2,1-2H3. The lowest BCUT2D eigenvalue weighted by molar-refractivity contribution is 0.305. The van der Waals surface area contributed by atoms with Crippen molar-refractivity contribution in [2.45, 2.75) is 33.2 Å². The zero-order valence-corrected chi connectivity index (χ0v) is 13.5. The second-order valence-electron chi connectivity index (χ2n) is 3.87. The van der Waals surface area contributed by atoms with Crippen molar-refractivity contribution in [3.05, 3.63) is 26.6 Å². The minimum atomic E-state index is 0.764. The summed E-state index contributed by atoms with van der Waals surface area (Å²) in [5.41, 5.74) is 1.24. The van der Waals surface area contributed by atoms with Crippen molar-refractivity contribution in [2.75, 3.05) is 13.2 Å². The number of hydrogen-bond donors (Lipinski definition) is 1. The molecule has 0 fully saturated rings. The number of ether oxygens (including phenoxy) is 1. The number of nitrogens with one attached hydrogen (secondary N) is 1. The van der Waals surface area contributed by atoms with Gasteiger partial charge in [-0.15, -0.1) is 0 Å². The van der Waals surface area contributed by atoms with Gasteiger partial charge in [0.2, 0.25) is 0 Å². The minimum Gasteiger partial charge on any atom is -0.491 e. The summed E-state index contributed by atoms with van der Waals surface area (Å²) >= 11 is 7.12. The highest BCUT2D eigenvalue weighted by atomic mass is 79.9. The summed E-state index contributed by atoms with van der Waals surface area (Å²) in [5.74, 6) is 0.902. The van der Waals surface area contributed by atoms with Crippen molar-refractivity contribution in [3.8, 4) is 5.75 Å². The molecule has 0 amide bonds. The van der Waals surface area contributed by atoms with Crippen LogP contribution in [0.3, 0.4) is 0 Å². The Morgan fingerprint density at radius 2 is 1.82 bits per heavy atom. The Balaban J connectivity index is 2.72. The third-order valence-electron chi connectivity index (χ3n) is 2.38. The molecule has 1 aromatic carbocycles. The maximum Gasteiger partial charge on any atom is 0.147 e. The van der Waals surface area contributed by atoms with Crippen LogP contribution >= 0.6 is 31.9 Å². The minimum absolute atomic E-state index is 0.764. The van der Waals surface area contributed by atoms with Gasteiger partial charge in [-0.3, -0.25) is 0 Å². The van der Waals surface area contributed by atoms with Crippen LogP contribution < -0.4 is 10.1 Å². The Labute approximate surface area is 120 Å². The van der Waals surface area contributed by atoms with E-state index in [-0.39, 0.29) is 0 Å². The van der Waals surface area contributed by atoms with Crippen molar-refractivity contribution < 1.29 is 4.74 Å². The summed E-state index contributed by atoms with van der Waals surface area (Å²) in [4.78, 5) is 0. The molecule has 0 saturated heterocycles. The summed E-state index contributed by atoms with van der Waals surface area (Å²) in [6, 6.07) is 4.21. The van der Waals surface area contributed by atoms with Crippen LogP contribution in [0.15, 0.2) is 21.1 Å². The van der Waals surface area contributed by atoms with Crippen LogP contribution in [0.1, 0.15) is 32.3 Å². The predicted molar refractivity (Wildman–Crippen MR) is 79.6 cm³/mol. The largest absolute Gasteiger partial charge is 0.491 e. The van der Waals surface area contributed by atoms with Gasteiger partial charge in [0.1, 0.15) is 5.75 Å². The molecule has 0 aromatic heterocycles. The Kier molecular flexibility index (Phi) is 7.16.